The number of anilines is 1. The van der Waals surface area contributed by atoms with Crippen molar-refractivity contribution in [2.24, 2.45) is 0 Å². The minimum absolute atomic E-state index is 0.0420. The molecule has 0 aliphatic carbocycles. The van der Waals surface area contributed by atoms with Gasteiger partial charge in [-0.1, -0.05) is 0 Å². The van der Waals surface area contributed by atoms with Crippen LogP contribution in [0, 0.1) is 0 Å². The molecule has 1 aromatic heterocycles. The average molecular weight is 249 g/mol. The highest BCUT2D eigenvalue weighted by atomic mass is 16.4. The fourth-order valence-corrected chi connectivity index (χ4v) is 1.66. The fourth-order valence-electron chi connectivity index (χ4n) is 1.66. The molecule has 96 valence electrons. The number of nitrogen functional groups attached to an aromatic ring is 1. The van der Waals surface area contributed by atoms with Crippen molar-refractivity contribution in [1.82, 2.24) is 9.47 Å². The van der Waals surface area contributed by atoms with Crippen LogP contribution < -0.4 is 11.5 Å². The molecule has 18 heavy (non-hydrogen) atoms. The Morgan fingerprint density at radius 1 is 1.50 bits per heavy atom. The Kier molecular flexibility index (Phi) is 3.10. The highest BCUT2D eigenvalue weighted by Crippen LogP contribution is 2.16. The van der Waals surface area contributed by atoms with Gasteiger partial charge in [-0.25, -0.2) is 4.79 Å². The third kappa shape index (κ3) is 2.09. The summed E-state index contributed by atoms with van der Waals surface area (Å²) in [6.07, 6.45) is 0. The summed E-state index contributed by atoms with van der Waals surface area (Å²) in [5, 5.41) is 0. The predicted molar refractivity (Wildman–Crippen MR) is 68.2 cm³/mol. The molecule has 0 aliphatic heterocycles. The van der Waals surface area contributed by atoms with Crippen LogP contribution in [0.2, 0.25) is 0 Å². The molecule has 2 rings (SSSR count). The molecule has 0 saturated heterocycles. The van der Waals surface area contributed by atoms with E-state index in [1.54, 1.807) is 25.2 Å². The summed E-state index contributed by atoms with van der Waals surface area (Å²) < 4.78 is 6.34. The third-order valence-corrected chi connectivity index (χ3v) is 2.88. The van der Waals surface area contributed by atoms with Crippen molar-refractivity contribution in [3.8, 4) is 0 Å². The Balaban J connectivity index is 2.44. The lowest BCUT2D eigenvalue weighted by Crippen LogP contribution is -2.32. The molecule has 0 unspecified atom stereocenters. The largest absolute Gasteiger partial charge is 0.420 e. The molecular weight excluding hydrogens is 234 g/mol. The van der Waals surface area contributed by atoms with Crippen LogP contribution in [0.25, 0.3) is 11.1 Å². The van der Waals surface area contributed by atoms with Crippen LogP contribution in [0.4, 0.5) is 5.69 Å². The standard InChI is InChI=1S/C12H15N3O3/c1-3-14(2)11(16)7-15-9-6-8(13)4-5-10(9)18-12(15)17/h4-6H,3,7,13H2,1-2H3. The van der Waals surface area contributed by atoms with Gasteiger partial charge in [-0.15, -0.1) is 0 Å². The first-order chi connectivity index (χ1) is 8.52. The molecule has 6 heteroatoms. The number of benzene rings is 1. The summed E-state index contributed by atoms with van der Waals surface area (Å²) in [5.74, 6) is -0.696. The van der Waals surface area contributed by atoms with Crippen LogP contribution >= 0.6 is 0 Å². The molecule has 0 radical (unpaired) electrons. The van der Waals surface area contributed by atoms with Gasteiger partial charge in [-0.2, -0.15) is 0 Å². The van der Waals surface area contributed by atoms with E-state index in [9.17, 15) is 9.59 Å². The van der Waals surface area contributed by atoms with Crippen LogP contribution in [-0.2, 0) is 11.3 Å². The second-order valence-corrected chi connectivity index (χ2v) is 4.09. The first-order valence-electron chi connectivity index (χ1n) is 5.65. The Bertz CT molecular complexity index is 642. The Hall–Kier alpha value is -2.24. The normalized spacial score (nSPS) is 10.8. The molecule has 1 heterocycles. The lowest BCUT2D eigenvalue weighted by Gasteiger charge is -2.14. The maximum atomic E-state index is 11.8. The first-order valence-corrected chi connectivity index (χ1v) is 5.65. The summed E-state index contributed by atoms with van der Waals surface area (Å²) in [5.41, 5.74) is 7.16. The van der Waals surface area contributed by atoms with Crippen molar-refractivity contribution in [2.45, 2.75) is 13.5 Å². The van der Waals surface area contributed by atoms with E-state index in [1.807, 2.05) is 6.92 Å². The van der Waals surface area contributed by atoms with Crippen LogP contribution in [0.3, 0.4) is 0 Å². The van der Waals surface area contributed by atoms with Gasteiger partial charge in [0.1, 0.15) is 6.54 Å². The highest BCUT2D eigenvalue weighted by molar-refractivity contribution is 5.81. The molecular formula is C12H15N3O3. The number of likely N-dealkylation sites (N-methyl/N-ethyl adjacent to an activating group) is 1. The SMILES string of the molecule is CCN(C)C(=O)Cn1c(=O)oc2ccc(N)cc21. The van der Waals surface area contributed by atoms with Crippen molar-refractivity contribution >= 4 is 22.7 Å². The topological polar surface area (TPSA) is 81.5 Å². The van der Waals surface area contributed by atoms with Crippen LogP contribution in [0.1, 0.15) is 6.92 Å². The molecule has 6 nitrogen and oxygen atoms in total. The number of nitrogens with zero attached hydrogens (tertiary/aromatic N) is 2. The van der Waals surface area contributed by atoms with Gasteiger partial charge in [0.2, 0.25) is 5.91 Å². The van der Waals surface area contributed by atoms with E-state index >= 15 is 0 Å². The van der Waals surface area contributed by atoms with Gasteiger partial charge in [0.25, 0.3) is 0 Å². The van der Waals surface area contributed by atoms with Gasteiger partial charge in [0.05, 0.1) is 5.52 Å². The summed E-state index contributed by atoms with van der Waals surface area (Å²) in [6.45, 7) is 2.41. The smallest absolute Gasteiger partial charge is 0.408 e. The van der Waals surface area contributed by atoms with E-state index in [1.165, 1.54) is 9.47 Å². The van der Waals surface area contributed by atoms with Gasteiger partial charge in [0, 0.05) is 19.3 Å². The summed E-state index contributed by atoms with van der Waals surface area (Å²) in [6, 6.07) is 4.89. The van der Waals surface area contributed by atoms with Crippen LogP contribution in [0.5, 0.6) is 0 Å². The average Bonchev–Trinajstić information content (AvgIpc) is 2.65. The monoisotopic (exact) mass is 249 g/mol. The number of aromatic nitrogens is 1. The van der Waals surface area contributed by atoms with E-state index in [-0.39, 0.29) is 12.5 Å². The van der Waals surface area contributed by atoms with Gasteiger partial charge in [-0.05, 0) is 25.1 Å². The summed E-state index contributed by atoms with van der Waals surface area (Å²) >= 11 is 0. The zero-order chi connectivity index (χ0) is 13.3. The van der Waals surface area contributed by atoms with E-state index in [4.69, 9.17) is 10.2 Å². The quantitative estimate of drug-likeness (QED) is 0.810. The lowest BCUT2D eigenvalue weighted by atomic mass is 10.3. The van der Waals surface area contributed by atoms with Crippen LogP contribution in [-0.4, -0.2) is 29.0 Å². The molecule has 2 N–H and O–H groups in total. The number of oxazole rings is 1. The van der Waals surface area contributed by atoms with E-state index in [0.717, 1.165) is 0 Å². The molecule has 0 atom stereocenters. The summed E-state index contributed by atoms with van der Waals surface area (Å²) in [7, 11) is 1.68. The highest BCUT2D eigenvalue weighted by Gasteiger charge is 2.14. The second-order valence-electron chi connectivity index (χ2n) is 4.09. The number of rotatable bonds is 3. The third-order valence-electron chi connectivity index (χ3n) is 2.88. The molecule has 0 bridgehead atoms. The van der Waals surface area contributed by atoms with Crippen LogP contribution in [0.15, 0.2) is 27.4 Å². The van der Waals surface area contributed by atoms with Gasteiger partial charge in [0.15, 0.2) is 5.58 Å². The number of carbonyl (C=O) groups excluding carboxylic acids is 1. The van der Waals surface area contributed by atoms with Gasteiger partial charge < -0.3 is 15.1 Å². The maximum Gasteiger partial charge on any atom is 0.420 e. The van der Waals surface area contributed by atoms with E-state index in [0.29, 0.717) is 23.3 Å². The number of carbonyl (C=O) groups is 1. The van der Waals surface area contributed by atoms with Gasteiger partial charge in [-0.3, -0.25) is 9.36 Å². The van der Waals surface area contributed by atoms with Gasteiger partial charge >= 0.3 is 5.76 Å². The van der Waals surface area contributed by atoms with E-state index in [2.05, 4.69) is 0 Å². The van der Waals surface area contributed by atoms with Crippen molar-refractivity contribution in [2.75, 3.05) is 19.3 Å². The van der Waals surface area contributed by atoms with E-state index < -0.39 is 5.76 Å². The van der Waals surface area contributed by atoms with Crippen molar-refractivity contribution in [3.63, 3.8) is 0 Å². The molecule has 0 saturated carbocycles. The number of hydrogen-bond donors (Lipinski definition) is 1. The Labute approximate surface area is 104 Å². The zero-order valence-electron chi connectivity index (χ0n) is 10.3. The summed E-state index contributed by atoms with van der Waals surface area (Å²) in [4.78, 5) is 25.0. The molecule has 0 aliphatic rings. The number of amides is 1. The zero-order valence-corrected chi connectivity index (χ0v) is 10.3. The number of fused-ring (bicyclic) bond motifs is 1. The Morgan fingerprint density at radius 2 is 2.22 bits per heavy atom. The molecule has 0 spiro atoms. The Morgan fingerprint density at radius 3 is 2.89 bits per heavy atom. The lowest BCUT2D eigenvalue weighted by molar-refractivity contribution is -0.130. The fraction of sp³-hybridized carbons (Fsp3) is 0.333. The minimum atomic E-state index is -0.548. The predicted octanol–water partition coefficient (Wildman–Crippen LogP) is 0.655. The number of hydrogen-bond acceptors (Lipinski definition) is 4. The minimum Gasteiger partial charge on any atom is -0.408 e. The molecule has 2 aromatic rings. The number of nitrogens with two attached hydrogens (primary N) is 1. The van der Waals surface area contributed by atoms with Crippen molar-refractivity contribution in [3.05, 3.63) is 28.7 Å². The molecule has 1 aromatic carbocycles. The second kappa shape index (κ2) is 4.56. The first kappa shape index (κ1) is 12.2. The molecule has 1 amide bonds. The van der Waals surface area contributed by atoms with Crippen molar-refractivity contribution in [1.29, 1.82) is 0 Å². The molecule has 0 fully saturated rings. The maximum absolute atomic E-state index is 11.8. The van der Waals surface area contributed by atoms with Crippen molar-refractivity contribution < 1.29 is 9.21 Å².